The van der Waals surface area contributed by atoms with Crippen molar-refractivity contribution in [1.82, 2.24) is 19.6 Å². The first-order chi connectivity index (χ1) is 22.6. The van der Waals surface area contributed by atoms with Crippen LogP contribution in [0.3, 0.4) is 0 Å². The molecule has 0 aliphatic carbocycles. The maximum atomic E-state index is 13.4. The van der Waals surface area contributed by atoms with Crippen molar-refractivity contribution in [3.05, 3.63) is 91.8 Å². The molecule has 2 fully saturated rings. The van der Waals surface area contributed by atoms with E-state index < -0.39 is 0 Å². The number of benzene rings is 2. The molecule has 5 rings (SSSR count). The van der Waals surface area contributed by atoms with Crippen molar-refractivity contribution >= 4 is 64.1 Å². The standard InChI is InChI=1S/C34H39Cl4N5O4/c1-40(33(44)24-17-25(35)20-26(36)18-24)22-32(39-46-2)29(23-6-7-30(37)31(38)19-23)10-15-41-13-8-27(9-14-41)43-12-4-11-42(34(43)45)21-28-5-3-16-47-28/h3,5-7,16-20,27,29H,4,8-15,21-22H2,1-2H3/b39-32+/t29-/m1/s1. The molecule has 47 heavy (non-hydrogen) atoms. The zero-order valence-electron chi connectivity index (χ0n) is 26.5. The largest absolute Gasteiger partial charge is 0.467 e. The molecule has 9 nitrogen and oxygen atoms in total. The molecule has 3 aromatic rings. The molecule has 0 N–H and O–H groups in total. The number of urea groups is 1. The van der Waals surface area contributed by atoms with Crippen molar-refractivity contribution < 1.29 is 18.8 Å². The molecule has 0 saturated carbocycles. The van der Waals surface area contributed by atoms with Crippen molar-refractivity contribution in [3.8, 4) is 0 Å². The van der Waals surface area contributed by atoms with Crippen molar-refractivity contribution in [2.75, 3.05) is 53.4 Å². The number of hydrogen-bond donors (Lipinski definition) is 0. The van der Waals surface area contributed by atoms with Crippen LogP contribution in [0.15, 0.2) is 64.4 Å². The Bertz CT molecular complexity index is 1540. The third kappa shape index (κ3) is 9.15. The fourth-order valence-electron chi connectivity index (χ4n) is 6.43. The molecular weight excluding hydrogens is 684 g/mol. The second kappa shape index (κ2) is 16.4. The molecule has 2 saturated heterocycles. The zero-order chi connectivity index (χ0) is 33.5. The van der Waals surface area contributed by atoms with Gasteiger partial charge in [-0.3, -0.25) is 4.79 Å². The van der Waals surface area contributed by atoms with Gasteiger partial charge in [-0.25, -0.2) is 4.79 Å². The first-order valence-electron chi connectivity index (χ1n) is 15.7. The lowest BCUT2D eigenvalue weighted by molar-refractivity contribution is 0.0741. The summed E-state index contributed by atoms with van der Waals surface area (Å²) in [5.41, 5.74) is 1.97. The van der Waals surface area contributed by atoms with E-state index in [0.717, 1.165) is 63.3 Å². The molecule has 0 bridgehead atoms. The molecule has 1 atom stereocenters. The highest BCUT2D eigenvalue weighted by Crippen LogP contribution is 2.31. The van der Waals surface area contributed by atoms with Gasteiger partial charge in [-0.2, -0.15) is 0 Å². The van der Waals surface area contributed by atoms with Gasteiger partial charge in [-0.05, 0) is 80.3 Å². The Labute approximate surface area is 295 Å². The van der Waals surface area contributed by atoms with E-state index >= 15 is 0 Å². The van der Waals surface area contributed by atoms with Crippen molar-refractivity contribution in [2.24, 2.45) is 5.16 Å². The number of rotatable bonds is 12. The van der Waals surface area contributed by atoms with E-state index in [0.29, 0.717) is 44.3 Å². The average molecular weight is 724 g/mol. The van der Waals surface area contributed by atoms with Gasteiger partial charge < -0.3 is 28.9 Å². The number of carbonyl (C=O) groups excluding carboxylic acids is 2. The Morgan fingerprint density at radius 1 is 1.02 bits per heavy atom. The molecule has 13 heteroatoms. The number of halogens is 4. The molecule has 2 aliphatic rings. The Morgan fingerprint density at radius 2 is 1.77 bits per heavy atom. The molecule has 2 aliphatic heterocycles. The van der Waals surface area contributed by atoms with Gasteiger partial charge in [-0.15, -0.1) is 0 Å². The molecule has 2 aromatic carbocycles. The van der Waals surface area contributed by atoms with Crippen LogP contribution < -0.4 is 0 Å². The first-order valence-corrected chi connectivity index (χ1v) is 17.2. The summed E-state index contributed by atoms with van der Waals surface area (Å²) in [6.07, 6.45) is 5.09. The van der Waals surface area contributed by atoms with Crippen LogP contribution in [0.5, 0.6) is 0 Å². The van der Waals surface area contributed by atoms with Gasteiger partial charge in [0.25, 0.3) is 5.91 Å². The summed E-state index contributed by atoms with van der Waals surface area (Å²) < 4.78 is 5.49. The highest BCUT2D eigenvalue weighted by Gasteiger charge is 2.34. The summed E-state index contributed by atoms with van der Waals surface area (Å²) in [4.78, 5) is 39.9. The van der Waals surface area contributed by atoms with E-state index in [1.165, 1.54) is 7.11 Å². The number of piperidine rings is 1. The first kappa shape index (κ1) is 35.4. The van der Waals surface area contributed by atoms with Gasteiger partial charge in [0.15, 0.2) is 0 Å². The lowest BCUT2D eigenvalue weighted by Gasteiger charge is -2.43. The van der Waals surface area contributed by atoms with Crippen molar-refractivity contribution in [2.45, 2.75) is 44.2 Å². The topological polar surface area (TPSA) is 81.8 Å². The van der Waals surface area contributed by atoms with Crippen LogP contribution in [-0.4, -0.2) is 96.7 Å². The predicted octanol–water partition coefficient (Wildman–Crippen LogP) is 7.93. The molecule has 0 radical (unpaired) electrons. The van der Waals surface area contributed by atoms with Gasteiger partial charge in [0.1, 0.15) is 12.9 Å². The summed E-state index contributed by atoms with van der Waals surface area (Å²) in [6, 6.07) is 14.4. The summed E-state index contributed by atoms with van der Waals surface area (Å²) in [6.45, 7) is 4.73. The minimum Gasteiger partial charge on any atom is -0.467 e. The van der Waals surface area contributed by atoms with Crippen LogP contribution in [-0.2, 0) is 11.4 Å². The SMILES string of the molecule is CO/N=C(\CN(C)C(=O)c1cc(Cl)cc(Cl)c1)[C@H](CCN1CCC(N2CCCN(Cc3ccco3)C2=O)CC1)c1ccc(Cl)c(Cl)c1. The molecule has 3 heterocycles. The quantitative estimate of drug-likeness (QED) is 0.140. The molecule has 3 amide bonds. The normalized spacial score (nSPS) is 17.2. The average Bonchev–Trinajstić information content (AvgIpc) is 3.56. The maximum absolute atomic E-state index is 13.4. The Balaban J connectivity index is 1.25. The summed E-state index contributed by atoms with van der Waals surface area (Å²) in [5.74, 6) is 0.343. The zero-order valence-corrected chi connectivity index (χ0v) is 29.5. The van der Waals surface area contributed by atoms with Crippen LogP contribution in [0.25, 0.3) is 0 Å². The van der Waals surface area contributed by atoms with Crippen molar-refractivity contribution in [3.63, 3.8) is 0 Å². The van der Waals surface area contributed by atoms with Crippen LogP contribution in [0.2, 0.25) is 20.1 Å². The number of nitrogens with zero attached hydrogens (tertiary/aromatic N) is 5. The number of furan rings is 1. The maximum Gasteiger partial charge on any atom is 0.320 e. The van der Waals surface area contributed by atoms with Gasteiger partial charge in [0.2, 0.25) is 0 Å². The van der Waals surface area contributed by atoms with E-state index in [2.05, 4.69) is 10.1 Å². The van der Waals surface area contributed by atoms with Gasteiger partial charge >= 0.3 is 6.03 Å². The van der Waals surface area contributed by atoms with E-state index in [1.54, 1.807) is 42.5 Å². The second-order valence-corrected chi connectivity index (χ2v) is 13.7. The monoisotopic (exact) mass is 721 g/mol. The number of carbonyl (C=O) groups is 2. The van der Waals surface area contributed by atoms with Crippen LogP contribution in [0, 0.1) is 0 Å². The molecule has 1 aromatic heterocycles. The Morgan fingerprint density at radius 3 is 2.43 bits per heavy atom. The van der Waals surface area contributed by atoms with Gasteiger partial charge in [0, 0.05) is 60.8 Å². The second-order valence-electron chi connectivity index (χ2n) is 12.0. The number of hydrogen-bond acceptors (Lipinski definition) is 6. The van der Waals surface area contributed by atoms with Crippen molar-refractivity contribution in [1.29, 1.82) is 0 Å². The third-order valence-electron chi connectivity index (χ3n) is 8.81. The van der Waals surface area contributed by atoms with E-state index in [9.17, 15) is 9.59 Å². The lowest BCUT2D eigenvalue weighted by atomic mass is 9.89. The number of likely N-dealkylation sites (tertiary alicyclic amines) is 1. The van der Waals surface area contributed by atoms with E-state index in [4.69, 9.17) is 55.7 Å². The summed E-state index contributed by atoms with van der Waals surface area (Å²) in [5, 5.41) is 6.07. The smallest absolute Gasteiger partial charge is 0.320 e. The molecule has 0 unspecified atom stereocenters. The number of oxime groups is 1. The van der Waals surface area contributed by atoms with Crippen LogP contribution in [0.1, 0.15) is 53.3 Å². The highest BCUT2D eigenvalue weighted by atomic mass is 35.5. The fourth-order valence-corrected chi connectivity index (χ4v) is 7.27. The summed E-state index contributed by atoms with van der Waals surface area (Å²) >= 11 is 25.1. The van der Waals surface area contributed by atoms with Gasteiger partial charge in [-0.1, -0.05) is 57.6 Å². The van der Waals surface area contributed by atoms with E-state index in [1.807, 2.05) is 34.1 Å². The highest BCUT2D eigenvalue weighted by molar-refractivity contribution is 6.42. The van der Waals surface area contributed by atoms with Crippen LogP contribution >= 0.6 is 46.4 Å². The minimum atomic E-state index is -0.247. The lowest BCUT2D eigenvalue weighted by Crippen LogP contribution is -2.55. The van der Waals surface area contributed by atoms with E-state index in [-0.39, 0.29) is 30.4 Å². The molecular formula is C34H39Cl4N5O4. The predicted molar refractivity (Wildman–Crippen MR) is 187 cm³/mol. The van der Waals surface area contributed by atoms with Gasteiger partial charge in [0.05, 0.1) is 35.1 Å². The number of amides is 3. The Hall–Kier alpha value is -2.95. The summed E-state index contributed by atoms with van der Waals surface area (Å²) in [7, 11) is 3.20. The third-order valence-corrected chi connectivity index (χ3v) is 9.99. The minimum absolute atomic E-state index is 0.0879. The molecule has 0 spiro atoms. The molecule has 252 valence electrons. The van der Waals surface area contributed by atoms with Crippen LogP contribution in [0.4, 0.5) is 4.79 Å². The Kier molecular flexibility index (Phi) is 12.4. The fraction of sp³-hybridized carbons (Fsp3) is 0.441.